The van der Waals surface area contributed by atoms with Gasteiger partial charge in [-0.1, -0.05) is 0 Å². The molecule has 0 radical (unpaired) electrons. The topological polar surface area (TPSA) is 79.2 Å². The number of carbonyl (C=O) groups is 1. The molecule has 1 amide bonds. The maximum Gasteiger partial charge on any atom is 0.220 e. The first-order chi connectivity index (χ1) is 5.72. The average Bonchev–Trinajstić information content (AvgIpc) is 2.09. The number of rotatable bonds is 1. The lowest BCUT2D eigenvalue weighted by atomic mass is 10.1. The van der Waals surface area contributed by atoms with Gasteiger partial charge in [0.25, 0.3) is 0 Å². The minimum atomic E-state index is 0.0969. The Balaban J connectivity index is 2.26. The second-order valence-electron chi connectivity index (χ2n) is 2.66. The van der Waals surface area contributed by atoms with Gasteiger partial charge in [-0.15, -0.1) is 0 Å². The van der Waals surface area contributed by atoms with Crippen molar-refractivity contribution in [2.75, 3.05) is 6.54 Å². The molecule has 68 valence electrons. The van der Waals surface area contributed by atoms with Gasteiger partial charge >= 0.3 is 0 Å². The molecule has 12 heavy (non-hydrogen) atoms. The lowest BCUT2D eigenvalue weighted by molar-refractivity contribution is -0.122. The predicted octanol–water partition coefficient (Wildman–Crippen LogP) is -1.40. The largest absolute Gasteiger partial charge is 0.357 e. The van der Waals surface area contributed by atoms with Crippen LogP contribution in [-0.2, 0) is 4.79 Å². The minimum Gasteiger partial charge on any atom is -0.357 e. The first kappa shape index (κ1) is 9.21. The zero-order chi connectivity index (χ0) is 8.97. The Kier molecular flexibility index (Phi) is 3.24. The second-order valence-corrected chi connectivity index (χ2v) is 3.07. The van der Waals surface area contributed by atoms with E-state index in [9.17, 15) is 4.79 Å². The van der Waals surface area contributed by atoms with Crippen molar-refractivity contribution >= 4 is 23.2 Å². The minimum absolute atomic E-state index is 0.0969. The van der Waals surface area contributed by atoms with Gasteiger partial charge in [-0.25, -0.2) is 5.84 Å². The summed E-state index contributed by atoms with van der Waals surface area (Å²) < 4.78 is 0. The highest BCUT2D eigenvalue weighted by Crippen LogP contribution is 2.01. The van der Waals surface area contributed by atoms with E-state index >= 15 is 0 Å². The molecule has 1 heterocycles. The Bertz CT molecular complexity index is 186. The third-order valence-corrected chi connectivity index (χ3v) is 1.97. The zero-order valence-corrected chi connectivity index (χ0v) is 7.41. The Morgan fingerprint density at radius 2 is 2.50 bits per heavy atom. The van der Waals surface area contributed by atoms with Crippen molar-refractivity contribution in [1.29, 1.82) is 0 Å². The molecule has 1 unspecified atom stereocenters. The van der Waals surface area contributed by atoms with Crippen molar-refractivity contribution in [3.63, 3.8) is 0 Å². The van der Waals surface area contributed by atoms with E-state index in [2.05, 4.69) is 16.1 Å². The highest BCUT2D eigenvalue weighted by Gasteiger charge is 2.17. The number of piperidine rings is 1. The van der Waals surface area contributed by atoms with E-state index in [4.69, 9.17) is 18.1 Å². The summed E-state index contributed by atoms with van der Waals surface area (Å²) in [6, 6.07) is 0.200. The smallest absolute Gasteiger partial charge is 0.220 e. The average molecular weight is 188 g/mol. The van der Waals surface area contributed by atoms with Gasteiger partial charge in [0.05, 0.1) is 0 Å². The van der Waals surface area contributed by atoms with E-state index in [0.29, 0.717) is 18.1 Å². The molecule has 1 rings (SSSR count). The molecule has 1 fully saturated rings. The van der Waals surface area contributed by atoms with Crippen LogP contribution >= 0.6 is 12.2 Å². The van der Waals surface area contributed by atoms with Gasteiger partial charge in [0.2, 0.25) is 5.91 Å². The van der Waals surface area contributed by atoms with Gasteiger partial charge in [0, 0.05) is 19.0 Å². The van der Waals surface area contributed by atoms with Crippen LogP contribution in [-0.4, -0.2) is 23.6 Å². The molecule has 0 spiro atoms. The Hall–Kier alpha value is -0.880. The molecule has 6 heteroatoms. The van der Waals surface area contributed by atoms with Crippen LogP contribution in [0.2, 0.25) is 0 Å². The molecule has 1 saturated heterocycles. The molecule has 5 nitrogen and oxygen atoms in total. The second kappa shape index (κ2) is 4.22. The fourth-order valence-corrected chi connectivity index (χ4v) is 1.25. The molecule has 5 N–H and O–H groups in total. The van der Waals surface area contributed by atoms with Gasteiger partial charge in [0.1, 0.15) is 0 Å². The summed E-state index contributed by atoms with van der Waals surface area (Å²) in [6.07, 6.45) is 1.35. The number of hydrogen-bond acceptors (Lipinski definition) is 3. The quantitative estimate of drug-likeness (QED) is 0.231. The molecular weight excluding hydrogens is 176 g/mol. The van der Waals surface area contributed by atoms with Crippen LogP contribution in [0.25, 0.3) is 0 Å². The lowest BCUT2D eigenvalue weighted by Crippen LogP contribution is -2.51. The van der Waals surface area contributed by atoms with Crippen LogP contribution in [0.5, 0.6) is 0 Å². The summed E-state index contributed by atoms with van der Waals surface area (Å²) in [5, 5.41) is 6.11. The summed E-state index contributed by atoms with van der Waals surface area (Å²) in [7, 11) is 0. The fraction of sp³-hybridized carbons (Fsp3) is 0.667. The summed E-state index contributed by atoms with van der Waals surface area (Å²) >= 11 is 4.81. The first-order valence-corrected chi connectivity index (χ1v) is 4.17. The van der Waals surface area contributed by atoms with Crippen molar-refractivity contribution in [3.05, 3.63) is 0 Å². The molecule has 0 aromatic rings. The number of nitrogens with two attached hydrogens (primary N) is 1. The molecular formula is C6H12N4OS. The molecule has 1 aliphatic heterocycles. The van der Waals surface area contributed by atoms with Crippen molar-refractivity contribution in [2.24, 2.45) is 5.84 Å². The normalized spacial score (nSPS) is 22.8. The Morgan fingerprint density at radius 1 is 1.75 bits per heavy atom. The summed E-state index contributed by atoms with van der Waals surface area (Å²) in [5.41, 5.74) is 2.33. The van der Waals surface area contributed by atoms with E-state index in [-0.39, 0.29) is 11.9 Å². The molecule has 1 aliphatic rings. The van der Waals surface area contributed by atoms with E-state index in [1.807, 2.05) is 0 Å². The number of carbonyl (C=O) groups excluding carboxylic acids is 1. The zero-order valence-electron chi connectivity index (χ0n) is 6.59. The molecule has 1 atom stereocenters. The van der Waals surface area contributed by atoms with Gasteiger partial charge in [-0.05, 0) is 18.6 Å². The number of amides is 1. The lowest BCUT2D eigenvalue weighted by Gasteiger charge is -2.24. The van der Waals surface area contributed by atoms with E-state index < -0.39 is 0 Å². The van der Waals surface area contributed by atoms with Crippen LogP contribution in [0, 0.1) is 0 Å². The third-order valence-electron chi connectivity index (χ3n) is 1.73. The molecule has 0 aromatic heterocycles. The van der Waals surface area contributed by atoms with Gasteiger partial charge < -0.3 is 16.1 Å². The van der Waals surface area contributed by atoms with Crippen LogP contribution in [0.1, 0.15) is 12.8 Å². The van der Waals surface area contributed by atoms with Crippen molar-refractivity contribution in [2.45, 2.75) is 18.9 Å². The summed E-state index contributed by atoms with van der Waals surface area (Å²) in [4.78, 5) is 10.8. The fourth-order valence-electron chi connectivity index (χ4n) is 1.08. The summed E-state index contributed by atoms with van der Waals surface area (Å²) in [5.74, 6) is 5.17. The molecule has 0 bridgehead atoms. The summed E-state index contributed by atoms with van der Waals surface area (Å²) in [6.45, 7) is 0.612. The number of hydrogen-bond donors (Lipinski definition) is 4. The maximum absolute atomic E-state index is 10.8. The maximum atomic E-state index is 10.8. The van der Waals surface area contributed by atoms with Gasteiger partial charge in [-0.3, -0.25) is 4.79 Å². The first-order valence-electron chi connectivity index (χ1n) is 3.76. The van der Waals surface area contributed by atoms with Crippen LogP contribution in [0.4, 0.5) is 0 Å². The van der Waals surface area contributed by atoms with Crippen molar-refractivity contribution < 1.29 is 4.79 Å². The van der Waals surface area contributed by atoms with E-state index in [1.165, 1.54) is 0 Å². The molecule has 0 aromatic carbocycles. The standard InChI is InChI=1S/C6H12N4OS/c7-10-6(12)9-4-1-2-5(11)8-3-4/h4H,1-3,7H2,(H,8,11)(H2,9,10,12). The van der Waals surface area contributed by atoms with Crippen LogP contribution < -0.4 is 21.9 Å². The van der Waals surface area contributed by atoms with E-state index in [0.717, 1.165) is 6.42 Å². The van der Waals surface area contributed by atoms with Crippen LogP contribution in [0.15, 0.2) is 0 Å². The molecule has 0 aliphatic carbocycles. The number of thiocarbonyl (C=S) groups is 1. The Labute approximate surface area is 76.0 Å². The third kappa shape index (κ3) is 2.63. The van der Waals surface area contributed by atoms with E-state index in [1.54, 1.807) is 0 Å². The number of nitrogens with one attached hydrogen (secondary N) is 3. The van der Waals surface area contributed by atoms with Gasteiger partial charge in [0.15, 0.2) is 5.11 Å². The monoisotopic (exact) mass is 188 g/mol. The van der Waals surface area contributed by atoms with Gasteiger partial charge in [-0.2, -0.15) is 0 Å². The van der Waals surface area contributed by atoms with Crippen LogP contribution in [0.3, 0.4) is 0 Å². The predicted molar refractivity (Wildman–Crippen MR) is 49.1 cm³/mol. The van der Waals surface area contributed by atoms with Crippen molar-refractivity contribution in [1.82, 2.24) is 16.1 Å². The SMILES string of the molecule is NNC(=S)NC1CCC(=O)NC1. The highest BCUT2D eigenvalue weighted by atomic mass is 32.1. The molecule has 0 saturated carbocycles. The number of hydrazine groups is 1. The van der Waals surface area contributed by atoms with Crippen molar-refractivity contribution in [3.8, 4) is 0 Å². The highest BCUT2D eigenvalue weighted by molar-refractivity contribution is 7.80. The Morgan fingerprint density at radius 3 is 3.00 bits per heavy atom.